The van der Waals surface area contributed by atoms with E-state index < -0.39 is 6.10 Å². The smallest absolute Gasteiger partial charge is 0.263 e. The second kappa shape index (κ2) is 8.17. The maximum Gasteiger partial charge on any atom is 0.263 e. The SMILES string of the molecule is CC(Oc1ccccc1C(C)C)C(=O)N1CCN(c2ncccn2)CC1. The van der Waals surface area contributed by atoms with Crippen molar-refractivity contribution < 1.29 is 9.53 Å². The molecule has 0 radical (unpaired) electrons. The van der Waals surface area contributed by atoms with Crippen molar-refractivity contribution in [3.8, 4) is 5.75 Å². The third-order valence-electron chi connectivity index (χ3n) is 4.62. The van der Waals surface area contributed by atoms with Crippen LogP contribution in [0.4, 0.5) is 5.95 Å². The summed E-state index contributed by atoms with van der Waals surface area (Å²) in [6, 6.07) is 9.73. The topological polar surface area (TPSA) is 58.6 Å². The zero-order valence-corrected chi connectivity index (χ0v) is 15.6. The van der Waals surface area contributed by atoms with Crippen LogP contribution in [0.25, 0.3) is 0 Å². The Bertz CT molecular complexity index is 728. The molecule has 0 spiro atoms. The molecule has 6 heteroatoms. The van der Waals surface area contributed by atoms with Gasteiger partial charge in [-0.3, -0.25) is 4.79 Å². The summed E-state index contributed by atoms with van der Waals surface area (Å²) in [6.45, 7) is 8.83. The first-order valence-corrected chi connectivity index (χ1v) is 9.12. The van der Waals surface area contributed by atoms with E-state index in [9.17, 15) is 4.79 Å². The number of piperazine rings is 1. The fraction of sp³-hybridized carbons (Fsp3) is 0.450. The molecular weight excluding hydrogens is 328 g/mol. The highest BCUT2D eigenvalue weighted by Gasteiger charge is 2.27. The Morgan fingerprint density at radius 1 is 1.00 bits per heavy atom. The first-order valence-electron chi connectivity index (χ1n) is 9.12. The molecule has 1 amide bonds. The van der Waals surface area contributed by atoms with Crippen LogP contribution < -0.4 is 9.64 Å². The highest BCUT2D eigenvalue weighted by Crippen LogP contribution is 2.27. The molecule has 2 heterocycles. The van der Waals surface area contributed by atoms with Crippen LogP contribution in [0.2, 0.25) is 0 Å². The molecule has 1 saturated heterocycles. The molecule has 1 aromatic carbocycles. The first-order chi connectivity index (χ1) is 12.6. The van der Waals surface area contributed by atoms with Crippen LogP contribution in [0, 0.1) is 0 Å². The lowest BCUT2D eigenvalue weighted by Gasteiger charge is -2.35. The van der Waals surface area contributed by atoms with E-state index in [1.54, 1.807) is 18.5 Å². The van der Waals surface area contributed by atoms with Gasteiger partial charge in [-0.15, -0.1) is 0 Å². The van der Waals surface area contributed by atoms with Crippen LogP contribution in [-0.4, -0.2) is 53.1 Å². The largest absolute Gasteiger partial charge is 0.481 e. The van der Waals surface area contributed by atoms with Gasteiger partial charge in [0.2, 0.25) is 5.95 Å². The van der Waals surface area contributed by atoms with Crippen LogP contribution in [0.3, 0.4) is 0 Å². The average Bonchev–Trinajstić information content (AvgIpc) is 2.68. The highest BCUT2D eigenvalue weighted by molar-refractivity contribution is 5.81. The third kappa shape index (κ3) is 4.12. The number of benzene rings is 1. The molecule has 1 aliphatic rings. The number of anilines is 1. The third-order valence-corrected chi connectivity index (χ3v) is 4.62. The number of rotatable bonds is 5. The normalized spacial score (nSPS) is 15.8. The molecule has 0 N–H and O–H groups in total. The molecule has 1 unspecified atom stereocenters. The van der Waals surface area contributed by atoms with E-state index in [1.165, 1.54) is 0 Å². The van der Waals surface area contributed by atoms with E-state index >= 15 is 0 Å². The lowest BCUT2D eigenvalue weighted by atomic mass is 10.0. The lowest BCUT2D eigenvalue weighted by Crippen LogP contribution is -2.52. The second-order valence-electron chi connectivity index (χ2n) is 6.81. The maximum absolute atomic E-state index is 12.8. The van der Waals surface area contributed by atoms with Gasteiger partial charge >= 0.3 is 0 Å². The van der Waals surface area contributed by atoms with Crippen LogP contribution in [0.15, 0.2) is 42.7 Å². The molecule has 1 fully saturated rings. The molecule has 1 aromatic heterocycles. The number of ether oxygens (including phenoxy) is 1. The number of hydrogen-bond donors (Lipinski definition) is 0. The van der Waals surface area contributed by atoms with E-state index in [-0.39, 0.29) is 5.91 Å². The Morgan fingerprint density at radius 2 is 1.65 bits per heavy atom. The van der Waals surface area contributed by atoms with E-state index in [0.717, 1.165) is 30.4 Å². The zero-order valence-electron chi connectivity index (χ0n) is 15.6. The molecule has 3 rings (SSSR count). The molecule has 26 heavy (non-hydrogen) atoms. The number of nitrogens with zero attached hydrogens (tertiary/aromatic N) is 4. The van der Waals surface area contributed by atoms with Crippen molar-refractivity contribution in [1.29, 1.82) is 0 Å². The quantitative estimate of drug-likeness (QED) is 0.826. The van der Waals surface area contributed by atoms with Crippen molar-refractivity contribution >= 4 is 11.9 Å². The van der Waals surface area contributed by atoms with Gasteiger partial charge in [0.1, 0.15) is 5.75 Å². The number of para-hydroxylation sites is 1. The van der Waals surface area contributed by atoms with Gasteiger partial charge in [-0.1, -0.05) is 32.0 Å². The van der Waals surface area contributed by atoms with Crippen LogP contribution in [0.1, 0.15) is 32.3 Å². The number of carbonyl (C=O) groups excluding carboxylic acids is 1. The summed E-state index contributed by atoms with van der Waals surface area (Å²) in [5.74, 6) is 1.88. The first kappa shape index (κ1) is 18.2. The van der Waals surface area contributed by atoms with E-state index in [0.29, 0.717) is 19.0 Å². The van der Waals surface area contributed by atoms with Crippen molar-refractivity contribution in [1.82, 2.24) is 14.9 Å². The molecular formula is C20H26N4O2. The Hall–Kier alpha value is -2.63. The number of hydrogen-bond acceptors (Lipinski definition) is 5. The van der Waals surface area contributed by atoms with E-state index in [1.807, 2.05) is 30.0 Å². The average molecular weight is 354 g/mol. The standard InChI is InChI=1S/C20H26N4O2/c1-15(2)17-7-4-5-8-18(17)26-16(3)19(25)23-11-13-24(14-12-23)20-21-9-6-10-22-20/h4-10,15-16H,11-14H2,1-3H3. The summed E-state index contributed by atoms with van der Waals surface area (Å²) < 4.78 is 6.00. The van der Waals surface area contributed by atoms with Crippen molar-refractivity contribution in [2.45, 2.75) is 32.8 Å². The van der Waals surface area contributed by atoms with Crippen molar-refractivity contribution in [2.75, 3.05) is 31.1 Å². The van der Waals surface area contributed by atoms with Crippen LogP contribution in [-0.2, 0) is 4.79 Å². The minimum Gasteiger partial charge on any atom is -0.481 e. The second-order valence-corrected chi connectivity index (χ2v) is 6.81. The van der Waals surface area contributed by atoms with E-state index in [4.69, 9.17) is 4.74 Å². The molecule has 6 nitrogen and oxygen atoms in total. The fourth-order valence-electron chi connectivity index (χ4n) is 3.14. The summed E-state index contributed by atoms with van der Waals surface area (Å²) in [5.41, 5.74) is 1.12. The van der Waals surface area contributed by atoms with Gasteiger partial charge in [-0.05, 0) is 30.5 Å². The summed E-state index contributed by atoms with van der Waals surface area (Å²) in [4.78, 5) is 25.3. The fourth-order valence-corrected chi connectivity index (χ4v) is 3.14. The Kier molecular flexibility index (Phi) is 5.71. The molecule has 138 valence electrons. The summed E-state index contributed by atoms with van der Waals surface area (Å²) in [6.07, 6.45) is 2.97. The molecule has 2 aromatic rings. The molecule has 1 atom stereocenters. The molecule has 1 aliphatic heterocycles. The Labute approximate surface area is 154 Å². The molecule has 0 saturated carbocycles. The number of aromatic nitrogens is 2. The number of amides is 1. The molecule has 0 bridgehead atoms. The van der Waals surface area contributed by atoms with E-state index in [2.05, 4.69) is 34.8 Å². The number of carbonyl (C=O) groups is 1. The van der Waals surface area contributed by atoms with Gasteiger partial charge < -0.3 is 14.5 Å². The zero-order chi connectivity index (χ0) is 18.5. The highest BCUT2D eigenvalue weighted by atomic mass is 16.5. The Morgan fingerprint density at radius 3 is 2.31 bits per heavy atom. The van der Waals surface area contributed by atoms with Gasteiger partial charge in [-0.25, -0.2) is 9.97 Å². The summed E-state index contributed by atoms with van der Waals surface area (Å²) in [5, 5.41) is 0. The van der Waals surface area contributed by atoms with Crippen molar-refractivity contribution in [3.63, 3.8) is 0 Å². The maximum atomic E-state index is 12.8. The van der Waals surface area contributed by atoms with Gasteiger partial charge in [-0.2, -0.15) is 0 Å². The Balaban J connectivity index is 1.58. The van der Waals surface area contributed by atoms with Crippen LogP contribution in [0.5, 0.6) is 5.75 Å². The predicted molar refractivity (Wildman–Crippen MR) is 101 cm³/mol. The summed E-state index contributed by atoms with van der Waals surface area (Å²) in [7, 11) is 0. The van der Waals surface area contributed by atoms with Crippen molar-refractivity contribution in [3.05, 3.63) is 48.3 Å². The van der Waals surface area contributed by atoms with Crippen molar-refractivity contribution in [2.24, 2.45) is 0 Å². The van der Waals surface area contributed by atoms with Gasteiger partial charge in [0.25, 0.3) is 5.91 Å². The lowest BCUT2D eigenvalue weighted by molar-refractivity contribution is -0.138. The predicted octanol–water partition coefficient (Wildman–Crippen LogP) is 2.72. The van der Waals surface area contributed by atoms with Gasteiger partial charge in [0.15, 0.2) is 6.10 Å². The molecule has 0 aliphatic carbocycles. The van der Waals surface area contributed by atoms with Gasteiger partial charge in [0.05, 0.1) is 0 Å². The summed E-state index contributed by atoms with van der Waals surface area (Å²) >= 11 is 0. The monoisotopic (exact) mass is 354 g/mol. The van der Waals surface area contributed by atoms with Crippen LogP contribution >= 0.6 is 0 Å². The minimum absolute atomic E-state index is 0.0252. The minimum atomic E-state index is -0.505. The van der Waals surface area contributed by atoms with Gasteiger partial charge in [0, 0.05) is 38.6 Å².